The van der Waals surface area contributed by atoms with Gasteiger partial charge in [-0.05, 0) is 18.9 Å². The topological polar surface area (TPSA) is 49.3 Å². The van der Waals surface area contributed by atoms with Crippen molar-refractivity contribution in [2.75, 3.05) is 6.54 Å². The van der Waals surface area contributed by atoms with E-state index in [-0.39, 0.29) is 17.9 Å². The van der Waals surface area contributed by atoms with Gasteiger partial charge in [-0.3, -0.25) is 4.79 Å². The van der Waals surface area contributed by atoms with Crippen molar-refractivity contribution in [1.82, 2.24) is 5.32 Å². The number of carbonyl (C=O) groups excluding carboxylic acids is 1. The maximum absolute atomic E-state index is 11.8. The first-order valence-electron chi connectivity index (χ1n) is 5.90. The minimum atomic E-state index is -0.257. The molecule has 2 atom stereocenters. The lowest BCUT2D eigenvalue weighted by Crippen LogP contribution is -2.36. The molecule has 1 aliphatic carbocycles. The molecule has 2 unspecified atom stereocenters. The fourth-order valence-electron chi connectivity index (χ4n) is 2.18. The summed E-state index contributed by atoms with van der Waals surface area (Å²) >= 11 is 5.57. The van der Waals surface area contributed by atoms with Crippen LogP contribution in [0.2, 0.25) is 0 Å². The van der Waals surface area contributed by atoms with Gasteiger partial charge in [0, 0.05) is 22.7 Å². The molecule has 1 aromatic rings. The van der Waals surface area contributed by atoms with E-state index in [1.54, 1.807) is 6.07 Å². The van der Waals surface area contributed by atoms with Crippen LogP contribution in [0.3, 0.4) is 0 Å². The molecule has 0 radical (unpaired) electrons. The molecule has 1 amide bonds. The summed E-state index contributed by atoms with van der Waals surface area (Å²) in [6.45, 7) is 0.569. The quantitative estimate of drug-likeness (QED) is 0.739. The smallest absolute Gasteiger partial charge is 0.261 e. The van der Waals surface area contributed by atoms with Gasteiger partial charge in [0.05, 0.1) is 11.0 Å². The number of thiophene rings is 1. The Morgan fingerprint density at radius 2 is 2.29 bits per heavy atom. The maximum atomic E-state index is 11.8. The van der Waals surface area contributed by atoms with Gasteiger partial charge in [0.15, 0.2) is 0 Å². The molecular formula is C12H17NO2S2. The van der Waals surface area contributed by atoms with Crippen molar-refractivity contribution in [2.24, 2.45) is 5.92 Å². The number of aliphatic hydroxyl groups is 1. The number of nitrogens with one attached hydrogen (secondary N) is 1. The number of carbonyl (C=O) groups is 1. The van der Waals surface area contributed by atoms with Gasteiger partial charge >= 0.3 is 0 Å². The second-order valence-electron chi connectivity index (χ2n) is 4.49. The van der Waals surface area contributed by atoms with Crippen LogP contribution in [0, 0.1) is 5.92 Å². The number of rotatable bonds is 3. The Morgan fingerprint density at radius 3 is 2.94 bits per heavy atom. The van der Waals surface area contributed by atoms with Crippen LogP contribution in [0.4, 0.5) is 0 Å². The van der Waals surface area contributed by atoms with Crippen molar-refractivity contribution in [3.05, 3.63) is 16.3 Å². The molecule has 1 fully saturated rings. The second kappa shape index (κ2) is 5.89. The molecule has 2 N–H and O–H groups in total. The Kier molecular flexibility index (Phi) is 4.48. The van der Waals surface area contributed by atoms with Crippen molar-refractivity contribution in [1.29, 1.82) is 0 Å². The molecule has 94 valence electrons. The predicted octanol–water partition coefficient (Wildman–Crippen LogP) is 2.32. The van der Waals surface area contributed by atoms with Gasteiger partial charge in [-0.2, -0.15) is 0 Å². The number of thiol groups is 1. The highest BCUT2D eigenvalue weighted by atomic mass is 32.1. The van der Waals surface area contributed by atoms with Crippen molar-refractivity contribution < 1.29 is 9.90 Å². The Morgan fingerprint density at radius 1 is 1.53 bits per heavy atom. The molecule has 1 aromatic heterocycles. The highest BCUT2D eigenvalue weighted by Crippen LogP contribution is 2.24. The zero-order valence-corrected chi connectivity index (χ0v) is 11.3. The first kappa shape index (κ1) is 12.9. The molecule has 3 nitrogen and oxygen atoms in total. The average molecular weight is 271 g/mol. The summed E-state index contributed by atoms with van der Waals surface area (Å²) in [5.41, 5.74) is 0. The van der Waals surface area contributed by atoms with Crippen molar-refractivity contribution in [3.8, 4) is 0 Å². The predicted molar refractivity (Wildman–Crippen MR) is 71.9 cm³/mol. The van der Waals surface area contributed by atoms with Gasteiger partial charge in [0.25, 0.3) is 5.91 Å². The van der Waals surface area contributed by atoms with E-state index in [1.165, 1.54) is 11.3 Å². The van der Waals surface area contributed by atoms with Gasteiger partial charge in [0.1, 0.15) is 0 Å². The van der Waals surface area contributed by atoms with E-state index in [2.05, 4.69) is 17.9 Å². The Hall–Kier alpha value is -0.520. The molecule has 0 saturated heterocycles. The molecule has 0 spiro atoms. The largest absolute Gasteiger partial charge is 0.393 e. The van der Waals surface area contributed by atoms with Gasteiger partial charge in [-0.15, -0.1) is 24.0 Å². The molecule has 1 saturated carbocycles. The summed E-state index contributed by atoms with van der Waals surface area (Å²) in [6.07, 6.45) is 3.86. The zero-order valence-electron chi connectivity index (χ0n) is 9.56. The van der Waals surface area contributed by atoms with Crippen molar-refractivity contribution in [2.45, 2.75) is 36.7 Å². The molecule has 1 aliphatic rings. The first-order valence-corrected chi connectivity index (χ1v) is 7.23. The van der Waals surface area contributed by atoms with Crippen LogP contribution in [0.15, 0.2) is 16.3 Å². The van der Waals surface area contributed by atoms with Gasteiger partial charge in [0.2, 0.25) is 0 Å². The molecule has 0 aliphatic heterocycles. The third kappa shape index (κ3) is 3.47. The molecule has 2 rings (SSSR count). The van der Waals surface area contributed by atoms with Crippen LogP contribution in [0.5, 0.6) is 0 Å². The van der Waals surface area contributed by atoms with Crippen LogP contribution in [-0.4, -0.2) is 23.7 Å². The lowest BCUT2D eigenvalue weighted by molar-refractivity contribution is 0.0664. The summed E-state index contributed by atoms with van der Waals surface area (Å²) < 4.78 is 0. The number of hydrogen-bond acceptors (Lipinski definition) is 4. The van der Waals surface area contributed by atoms with Crippen LogP contribution in [0.1, 0.15) is 35.4 Å². The van der Waals surface area contributed by atoms with Crippen molar-refractivity contribution in [3.63, 3.8) is 0 Å². The summed E-state index contributed by atoms with van der Waals surface area (Å²) in [7, 11) is 0. The van der Waals surface area contributed by atoms with E-state index in [4.69, 9.17) is 0 Å². The number of aliphatic hydroxyl groups excluding tert-OH is 1. The van der Waals surface area contributed by atoms with Gasteiger partial charge in [-0.25, -0.2) is 0 Å². The summed E-state index contributed by atoms with van der Waals surface area (Å²) in [6, 6.07) is 1.76. The highest BCUT2D eigenvalue weighted by molar-refractivity contribution is 7.80. The van der Waals surface area contributed by atoms with Crippen LogP contribution >= 0.6 is 24.0 Å². The third-order valence-electron chi connectivity index (χ3n) is 3.20. The number of hydrogen-bond donors (Lipinski definition) is 3. The molecule has 17 heavy (non-hydrogen) atoms. The maximum Gasteiger partial charge on any atom is 0.261 e. The number of amides is 1. The van der Waals surface area contributed by atoms with E-state index in [0.29, 0.717) is 11.4 Å². The first-order chi connectivity index (χ1) is 8.16. The fourth-order valence-corrected chi connectivity index (χ4v) is 3.25. The van der Waals surface area contributed by atoms with E-state index in [0.717, 1.165) is 30.6 Å². The average Bonchev–Trinajstić information content (AvgIpc) is 2.74. The Balaban J connectivity index is 1.83. The minimum Gasteiger partial charge on any atom is -0.393 e. The van der Waals surface area contributed by atoms with E-state index < -0.39 is 0 Å². The minimum absolute atomic E-state index is 0.0620. The van der Waals surface area contributed by atoms with E-state index >= 15 is 0 Å². The summed E-state index contributed by atoms with van der Waals surface area (Å²) in [5.74, 6) is 0.149. The van der Waals surface area contributed by atoms with Gasteiger partial charge in [-0.1, -0.05) is 12.8 Å². The lowest BCUT2D eigenvalue weighted by atomic mass is 9.86. The normalized spacial score (nSPS) is 24.6. The SMILES string of the molecule is O=C(NCC1CCCCC1O)c1cc(S)cs1. The summed E-state index contributed by atoms with van der Waals surface area (Å²) in [5, 5.41) is 14.5. The third-order valence-corrected chi connectivity index (χ3v) is 4.57. The summed E-state index contributed by atoms with van der Waals surface area (Å²) in [4.78, 5) is 13.3. The second-order valence-corrected chi connectivity index (χ2v) is 5.92. The fraction of sp³-hybridized carbons (Fsp3) is 0.583. The Labute approximate surface area is 111 Å². The standard InChI is InChI=1S/C12H17NO2S2/c14-10-4-2-1-3-8(10)6-13-12(15)11-5-9(16)7-17-11/h5,7-8,10,14,16H,1-4,6H2,(H,13,15). The monoisotopic (exact) mass is 271 g/mol. The van der Waals surface area contributed by atoms with Crippen LogP contribution < -0.4 is 5.32 Å². The van der Waals surface area contributed by atoms with E-state index in [9.17, 15) is 9.90 Å². The van der Waals surface area contributed by atoms with E-state index in [1.807, 2.05) is 5.38 Å². The van der Waals surface area contributed by atoms with Crippen molar-refractivity contribution >= 4 is 29.9 Å². The lowest BCUT2D eigenvalue weighted by Gasteiger charge is -2.27. The van der Waals surface area contributed by atoms with Crippen LogP contribution in [-0.2, 0) is 0 Å². The highest BCUT2D eigenvalue weighted by Gasteiger charge is 2.23. The molecule has 1 heterocycles. The molecule has 5 heteroatoms. The zero-order chi connectivity index (χ0) is 12.3. The Bertz CT molecular complexity index is 392. The molecular weight excluding hydrogens is 254 g/mol. The van der Waals surface area contributed by atoms with Crippen LogP contribution in [0.25, 0.3) is 0 Å². The molecule has 0 bridgehead atoms. The molecule has 0 aromatic carbocycles. The van der Waals surface area contributed by atoms with Gasteiger partial charge < -0.3 is 10.4 Å².